The molecule has 24 heavy (non-hydrogen) atoms. The summed E-state index contributed by atoms with van der Waals surface area (Å²) in [5, 5.41) is 11.6. The largest absolute Gasteiger partial charge is 0.380 e. The van der Waals surface area contributed by atoms with Gasteiger partial charge in [-0.05, 0) is 23.3 Å². The lowest BCUT2D eigenvalue weighted by Crippen LogP contribution is -2.36. The van der Waals surface area contributed by atoms with Gasteiger partial charge in [0, 0.05) is 17.3 Å². The van der Waals surface area contributed by atoms with E-state index in [0.29, 0.717) is 6.42 Å². The molecule has 0 bridgehead atoms. The highest BCUT2D eigenvalue weighted by Crippen LogP contribution is 2.30. The first-order valence-electron chi connectivity index (χ1n) is 8.17. The van der Waals surface area contributed by atoms with Crippen molar-refractivity contribution in [2.45, 2.75) is 16.9 Å². The topological polar surface area (TPSA) is 20.2 Å². The maximum Gasteiger partial charge on any atom is 0.154 e. The fourth-order valence-corrected chi connectivity index (χ4v) is 4.79. The van der Waals surface area contributed by atoms with Crippen molar-refractivity contribution in [3.05, 3.63) is 102 Å². The molecule has 1 N–H and O–H groups in total. The average molecular weight is 335 g/mol. The third kappa shape index (κ3) is 4.08. The molecule has 0 radical (unpaired) electrons. The van der Waals surface area contributed by atoms with Gasteiger partial charge in [-0.15, -0.1) is 0 Å². The van der Waals surface area contributed by atoms with Crippen LogP contribution in [-0.4, -0.2) is 17.1 Å². The van der Waals surface area contributed by atoms with Gasteiger partial charge in [-0.1, -0.05) is 78.9 Å². The molecule has 2 atom stereocenters. The van der Waals surface area contributed by atoms with Gasteiger partial charge in [0.1, 0.15) is 17.6 Å². The highest BCUT2D eigenvalue weighted by molar-refractivity contribution is 7.96. The van der Waals surface area contributed by atoms with Crippen LogP contribution in [0, 0.1) is 0 Å². The molecule has 3 rings (SSSR count). The van der Waals surface area contributed by atoms with Crippen LogP contribution in [0.4, 0.5) is 0 Å². The summed E-state index contributed by atoms with van der Waals surface area (Å²) in [4.78, 5) is 1.29. The molecule has 0 saturated heterocycles. The van der Waals surface area contributed by atoms with E-state index in [-0.39, 0.29) is 10.9 Å². The summed E-state index contributed by atoms with van der Waals surface area (Å²) in [7, 11) is -0.0270. The normalized spacial score (nSPS) is 14.8. The fraction of sp³-hybridized carbons (Fsp3) is 0.182. The van der Waals surface area contributed by atoms with Gasteiger partial charge in [-0.3, -0.25) is 0 Å². The van der Waals surface area contributed by atoms with E-state index in [1.54, 1.807) is 0 Å². The van der Waals surface area contributed by atoms with Crippen molar-refractivity contribution in [3.63, 3.8) is 0 Å². The number of hydrogen-bond acceptors (Lipinski definition) is 1. The highest BCUT2D eigenvalue weighted by atomic mass is 32.2. The molecular formula is C22H23OS+. The second-order valence-electron chi connectivity index (χ2n) is 6.15. The molecule has 122 valence electrons. The van der Waals surface area contributed by atoms with Crippen LogP contribution in [0.15, 0.2) is 95.9 Å². The van der Waals surface area contributed by atoms with Crippen LogP contribution in [-0.2, 0) is 22.9 Å². The Hall–Kier alpha value is -2.03. The fourth-order valence-electron chi connectivity index (χ4n) is 3.01. The highest BCUT2D eigenvalue weighted by Gasteiger charge is 2.37. The molecule has 1 nitrogen and oxygen atoms in total. The quantitative estimate of drug-likeness (QED) is 0.661. The van der Waals surface area contributed by atoms with Crippen LogP contribution in [0.2, 0.25) is 0 Å². The Bertz CT molecular complexity index is 743. The van der Waals surface area contributed by atoms with Crippen molar-refractivity contribution in [1.82, 2.24) is 0 Å². The molecule has 0 saturated carbocycles. The standard InChI is InChI=1S/C22H23OS/c1-24(21-15-9-4-10-16-21)18-22(23,20-13-7-3-8-14-20)17-19-11-5-2-6-12-19/h2-16,23H,17-18H2,1H3/q+1. The molecule has 0 aliphatic heterocycles. The predicted molar refractivity (Wildman–Crippen MR) is 103 cm³/mol. The second-order valence-corrected chi connectivity index (χ2v) is 8.19. The Morgan fingerprint density at radius 3 is 1.83 bits per heavy atom. The molecule has 0 aliphatic rings. The molecule has 2 unspecified atom stereocenters. The molecule has 3 aromatic rings. The lowest BCUT2D eigenvalue weighted by atomic mass is 9.89. The van der Waals surface area contributed by atoms with E-state index in [1.165, 1.54) is 4.90 Å². The van der Waals surface area contributed by atoms with Gasteiger partial charge in [0.15, 0.2) is 4.90 Å². The Balaban J connectivity index is 1.90. The van der Waals surface area contributed by atoms with E-state index in [0.717, 1.165) is 16.9 Å². The van der Waals surface area contributed by atoms with Crippen molar-refractivity contribution in [2.24, 2.45) is 0 Å². The van der Waals surface area contributed by atoms with Crippen LogP contribution in [0.25, 0.3) is 0 Å². The Kier molecular flexibility index (Phi) is 5.39. The Morgan fingerprint density at radius 1 is 0.750 bits per heavy atom. The minimum atomic E-state index is -0.865. The summed E-state index contributed by atoms with van der Waals surface area (Å²) in [6, 6.07) is 30.8. The minimum absolute atomic E-state index is 0.0270. The molecule has 0 heterocycles. The van der Waals surface area contributed by atoms with Gasteiger partial charge in [0.25, 0.3) is 0 Å². The van der Waals surface area contributed by atoms with Crippen LogP contribution in [0.3, 0.4) is 0 Å². The number of benzene rings is 3. The summed E-state index contributed by atoms with van der Waals surface area (Å²) in [6.07, 6.45) is 2.84. The summed E-state index contributed by atoms with van der Waals surface area (Å²) in [6.45, 7) is 0. The van der Waals surface area contributed by atoms with Crippen molar-refractivity contribution in [1.29, 1.82) is 0 Å². The van der Waals surface area contributed by atoms with Crippen LogP contribution in [0.5, 0.6) is 0 Å². The van der Waals surface area contributed by atoms with Crippen molar-refractivity contribution in [2.75, 3.05) is 12.0 Å². The van der Waals surface area contributed by atoms with Crippen LogP contribution >= 0.6 is 0 Å². The average Bonchev–Trinajstić information content (AvgIpc) is 2.64. The van der Waals surface area contributed by atoms with E-state index in [9.17, 15) is 5.11 Å². The molecule has 2 heteroatoms. The van der Waals surface area contributed by atoms with Gasteiger partial charge in [0.2, 0.25) is 0 Å². The van der Waals surface area contributed by atoms with E-state index < -0.39 is 5.60 Å². The SMILES string of the molecule is C[S+](CC(O)(Cc1ccccc1)c1ccccc1)c1ccccc1. The monoisotopic (exact) mass is 335 g/mol. The summed E-state index contributed by atoms with van der Waals surface area (Å²) < 4.78 is 0. The van der Waals surface area contributed by atoms with Gasteiger partial charge in [-0.2, -0.15) is 0 Å². The number of aliphatic hydroxyl groups is 1. The third-order valence-electron chi connectivity index (χ3n) is 4.25. The van der Waals surface area contributed by atoms with Crippen LogP contribution in [0.1, 0.15) is 11.1 Å². The summed E-state index contributed by atoms with van der Waals surface area (Å²) in [5.74, 6) is 0.718. The molecular weight excluding hydrogens is 312 g/mol. The lowest BCUT2D eigenvalue weighted by Gasteiger charge is -2.27. The summed E-state index contributed by atoms with van der Waals surface area (Å²) in [5.41, 5.74) is 1.29. The molecule has 0 spiro atoms. The summed E-state index contributed by atoms with van der Waals surface area (Å²) >= 11 is 0. The maximum absolute atomic E-state index is 11.6. The van der Waals surface area contributed by atoms with Gasteiger partial charge in [-0.25, -0.2) is 0 Å². The first kappa shape index (κ1) is 16.8. The number of rotatable bonds is 6. The Labute approximate surface area is 147 Å². The maximum atomic E-state index is 11.6. The van der Waals surface area contributed by atoms with E-state index in [2.05, 4.69) is 42.7 Å². The van der Waals surface area contributed by atoms with E-state index in [4.69, 9.17) is 0 Å². The van der Waals surface area contributed by atoms with Crippen molar-refractivity contribution < 1.29 is 5.11 Å². The van der Waals surface area contributed by atoms with Gasteiger partial charge < -0.3 is 5.11 Å². The third-order valence-corrected chi connectivity index (χ3v) is 6.24. The predicted octanol–water partition coefficient (Wildman–Crippen LogP) is 4.42. The zero-order chi connectivity index (χ0) is 16.8. The molecule has 3 aromatic carbocycles. The zero-order valence-corrected chi connectivity index (χ0v) is 14.7. The first-order chi connectivity index (χ1) is 11.7. The Morgan fingerprint density at radius 2 is 1.25 bits per heavy atom. The minimum Gasteiger partial charge on any atom is -0.380 e. The van der Waals surface area contributed by atoms with Crippen molar-refractivity contribution >= 4 is 10.9 Å². The van der Waals surface area contributed by atoms with Gasteiger partial charge in [0.05, 0.1) is 0 Å². The molecule has 0 amide bonds. The first-order valence-corrected chi connectivity index (χ1v) is 9.97. The molecule has 0 aromatic heterocycles. The second kappa shape index (κ2) is 7.69. The zero-order valence-electron chi connectivity index (χ0n) is 13.9. The van der Waals surface area contributed by atoms with Crippen molar-refractivity contribution in [3.8, 4) is 0 Å². The van der Waals surface area contributed by atoms with E-state index in [1.807, 2.05) is 54.6 Å². The molecule has 0 fully saturated rings. The lowest BCUT2D eigenvalue weighted by molar-refractivity contribution is 0.0623. The van der Waals surface area contributed by atoms with Gasteiger partial charge >= 0.3 is 0 Å². The number of hydrogen-bond donors (Lipinski definition) is 1. The van der Waals surface area contributed by atoms with Crippen LogP contribution < -0.4 is 0 Å². The van der Waals surface area contributed by atoms with E-state index >= 15 is 0 Å². The smallest absolute Gasteiger partial charge is 0.154 e. The molecule has 0 aliphatic carbocycles.